The number of aromatic amines is 1. The third kappa shape index (κ3) is 4.13. The highest BCUT2D eigenvalue weighted by Crippen LogP contribution is 2.17. The van der Waals surface area contributed by atoms with Gasteiger partial charge in [0.2, 0.25) is 11.7 Å². The second-order valence-corrected chi connectivity index (χ2v) is 6.59. The molecule has 2 N–H and O–H groups in total. The number of aryl methyl sites for hydroxylation is 1. The molecule has 0 unspecified atom stereocenters. The van der Waals surface area contributed by atoms with Gasteiger partial charge in [-0.2, -0.15) is 5.10 Å². The number of carbonyl (C=O) groups excluding carboxylic acids is 1. The first-order chi connectivity index (χ1) is 14.1. The molecule has 11 heteroatoms. The van der Waals surface area contributed by atoms with Crippen molar-refractivity contribution in [3.05, 3.63) is 36.6 Å². The Morgan fingerprint density at radius 2 is 2.31 bits per heavy atom. The molecule has 0 spiro atoms. The van der Waals surface area contributed by atoms with Crippen molar-refractivity contribution in [1.82, 2.24) is 35.2 Å². The van der Waals surface area contributed by atoms with E-state index in [4.69, 9.17) is 4.42 Å². The van der Waals surface area contributed by atoms with Gasteiger partial charge in [-0.15, -0.1) is 5.10 Å². The Morgan fingerprint density at radius 1 is 1.41 bits per heavy atom. The highest BCUT2D eigenvalue weighted by Gasteiger charge is 2.27. The molecule has 1 saturated heterocycles. The zero-order valence-corrected chi connectivity index (χ0v) is 16.4. The van der Waals surface area contributed by atoms with Crippen LogP contribution in [0, 0.1) is 0 Å². The topological polar surface area (TPSA) is 120 Å². The van der Waals surface area contributed by atoms with Crippen molar-refractivity contribution in [3.63, 3.8) is 0 Å². The van der Waals surface area contributed by atoms with Crippen molar-refractivity contribution in [1.29, 1.82) is 0 Å². The summed E-state index contributed by atoms with van der Waals surface area (Å²) < 4.78 is 6.99. The lowest BCUT2D eigenvalue weighted by atomic mass is 10.3. The minimum absolute atomic E-state index is 0.00891. The van der Waals surface area contributed by atoms with Crippen molar-refractivity contribution in [2.24, 2.45) is 12.0 Å². The number of hydrogen-bond donors (Lipinski definition) is 2. The van der Waals surface area contributed by atoms with E-state index in [1.165, 1.54) is 0 Å². The number of piperazine rings is 1. The molecule has 0 bridgehead atoms. The van der Waals surface area contributed by atoms with Gasteiger partial charge in [0.15, 0.2) is 11.7 Å². The smallest absolute Gasteiger partial charge is 0.246 e. The number of hydrogen-bond acceptors (Lipinski definition) is 6. The standard InChI is InChI=1S/C18H23N9O2/c1-3-19-18(20-10-15-22-17(24-23-15)14-5-4-8-29-14)26-6-7-27(16(28)12-26)13-9-21-25(2)11-13/h4-5,8-9,11H,3,6-7,10,12H2,1-2H3,(H,19,20)(H,22,23,24). The maximum absolute atomic E-state index is 12.7. The molecule has 0 aromatic carbocycles. The molecular formula is C18H23N9O2. The summed E-state index contributed by atoms with van der Waals surface area (Å²) in [5.41, 5.74) is 0.811. The third-order valence-electron chi connectivity index (χ3n) is 4.51. The first kappa shape index (κ1) is 18.7. The molecule has 29 heavy (non-hydrogen) atoms. The number of nitrogens with zero attached hydrogens (tertiary/aromatic N) is 7. The number of guanidine groups is 1. The van der Waals surface area contributed by atoms with Crippen LogP contribution in [0.2, 0.25) is 0 Å². The number of amides is 1. The highest BCUT2D eigenvalue weighted by atomic mass is 16.3. The maximum atomic E-state index is 12.7. The third-order valence-corrected chi connectivity index (χ3v) is 4.51. The van der Waals surface area contributed by atoms with Crippen LogP contribution >= 0.6 is 0 Å². The first-order valence-corrected chi connectivity index (χ1v) is 9.41. The lowest BCUT2D eigenvalue weighted by molar-refractivity contribution is -0.120. The number of aromatic nitrogens is 5. The number of aliphatic imine (C=N–C) groups is 1. The summed E-state index contributed by atoms with van der Waals surface area (Å²) in [5, 5.41) is 14.4. The van der Waals surface area contributed by atoms with Crippen LogP contribution in [0.3, 0.4) is 0 Å². The molecular weight excluding hydrogens is 374 g/mol. The Morgan fingerprint density at radius 3 is 3.00 bits per heavy atom. The van der Waals surface area contributed by atoms with E-state index in [-0.39, 0.29) is 12.5 Å². The molecule has 0 aliphatic carbocycles. The van der Waals surface area contributed by atoms with E-state index in [1.807, 2.05) is 25.1 Å². The van der Waals surface area contributed by atoms with Gasteiger partial charge in [0.25, 0.3) is 0 Å². The molecule has 1 fully saturated rings. The molecule has 152 valence electrons. The summed E-state index contributed by atoms with van der Waals surface area (Å²) >= 11 is 0. The van der Waals surface area contributed by atoms with E-state index in [0.29, 0.717) is 49.5 Å². The van der Waals surface area contributed by atoms with E-state index in [9.17, 15) is 4.79 Å². The van der Waals surface area contributed by atoms with Crippen molar-refractivity contribution >= 4 is 17.6 Å². The number of furan rings is 1. The Hall–Kier alpha value is -3.63. The maximum Gasteiger partial charge on any atom is 0.246 e. The van der Waals surface area contributed by atoms with Crippen LogP contribution in [0.5, 0.6) is 0 Å². The number of nitrogens with one attached hydrogen (secondary N) is 2. The van der Waals surface area contributed by atoms with Crippen LogP contribution in [-0.4, -0.2) is 67.9 Å². The largest absolute Gasteiger partial charge is 0.461 e. The van der Waals surface area contributed by atoms with Crippen molar-refractivity contribution < 1.29 is 9.21 Å². The normalized spacial score (nSPS) is 15.2. The number of carbonyl (C=O) groups is 1. The minimum atomic E-state index is 0.00891. The summed E-state index contributed by atoms with van der Waals surface area (Å²) in [5.74, 6) is 2.38. The van der Waals surface area contributed by atoms with Crippen LogP contribution in [0.1, 0.15) is 12.7 Å². The molecule has 4 heterocycles. The van der Waals surface area contributed by atoms with Gasteiger partial charge >= 0.3 is 0 Å². The second kappa shape index (κ2) is 8.17. The molecule has 1 aliphatic heterocycles. The van der Waals surface area contributed by atoms with Gasteiger partial charge in [-0.3, -0.25) is 14.6 Å². The van der Waals surface area contributed by atoms with E-state index in [0.717, 1.165) is 5.69 Å². The van der Waals surface area contributed by atoms with E-state index in [1.54, 1.807) is 34.2 Å². The fourth-order valence-corrected chi connectivity index (χ4v) is 3.13. The molecule has 3 aromatic rings. The number of H-pyrrole nitrogens is 1. The average molecular weight is 397 g/mol. The van der Waals surface area contributed by atoms with Crippen molar-refractivity contribution in [3.8, 4) is 11.6 Å². The van der Waals surface area contributed by atoms with E-state index < -0.39 is 0 Å². The van der Waals surface area contributed by atoms with Crippen LogP contribution in [0.25, 0.3) is 11.6 Å². The van der Waals surface area contributed by atoms with Gasteiger partial charge in [0.05, 0.1) is 18.1 Å². The first-order valence-electron chi connectivity index (χ1n) is 9.41. The molecule has 0 radical (unpaired) electrons. The van der Waals surface area contributed by atoms with E-state index >= 15 is 0 Å². The Bertz CT molecular complexity index is 989. The Kier molecular flexibility index (Phi) is 5.27. The summed E-state index contributed by atoms with van der Waals surface area (Å²) in [6.45, 7) is 4.48. The Labute approximate surface area is 167 Å². The van der Waals surface area contributed by atoms with Crippen LogP contribution in [0.15, 0.2) is 40.2 Å². The lowest BCUT2D eigenvalue weighted by Gasteiger charge is -2.35. The Balaban J connectivity index is 1.43. The summed E-state index contributed by atoms with van der Waals surface area (Å²) in [7, 11) is 1.83. The van der Waals surface area contributed by atoms with Gasteiger partial charge in [-0.05, 0) is 19.1 Å². The van der Waals surface area contributed by atoms with Gasteiger partial charge < -0.3 is 19.5 Å². The molecule has 3 aromatic heterocycles. The summed E-state index contributed by atoms with van der Waals surface area (Å²) in [4.78, 5) is 25.4. The van der Waals surface area contributed by atoms with Crippen molar-refractivity contribution in [2.75, 3.05) is 31.1 Å². The van der Waals surface area contributed by atoms with Crippen molar-refractivity contribution in [2.45, 2.75) is 13.5 Å². The minimum Gasteiger partial charge on any atom is -0.461 e. The van der Waals surface area contributed by atoms with Gasteiger partial charge in [-0.1, -0.05) is 0 Å². The zero-order valence-electron chi connectivity index (χ0n) is 16.4. The fourth-order valence-electron chi connectivity index (χ4n) is 3.13. The van der Waals surface area contributed by atoms with Crippen LogP contribution in [-0.2, 0) is 18.4 Å². The predicted octanol–water partition coefficient (Wildman–Crippen LogP) is 0.612. The van der Waals surface area contributed by atoms with Crippen LogP contribution in [0.4, 0.5) is 5.69 Å². The van der Waals surface area contributed by atoms with E-state index in [2.05, 4.69) is 30.6 Å². The predicted molar refractivity (Wildman–Crippen MR) is 106 cm³/mol. The van der Waals surface area contributed by atoms with Gasteiger partial charge in [0, 0.05) is 32.9 Å². The SMILES string of the molecule is CCNC(=NCc1nc(-c2ccco2)n[nH]1)N1CCN(c2cnn(C)c2)C(=O)C1. The quantitative estimate of drug-likeness (QED) is 0.478. The molecule has 0 saturated carbocycles. The van der Waals surface area contributed by atoms with Gasteiger partial charge in [-0.25, -0.2) is 9.98 Å². The molecule has 4 rings (SSSR count). The molecule has 1 aliphatic rings. The molecule has 11 nitrogen and oxygen atoms in total. The molecule has 0 atom stereocenters. The zero-order chi connectivity index (χ0) is 20.2. The van der Waals surface area contributed by atoms with Crippen LogP contribution < -0.4 is 10.2 Å². The molecule has 1 amide bonds. The van der Waals surface area contributed by atoms with Gasteiger partial charge in [0.1, 0.15) is 18.9 Å². The number of anilines is 1. The fraction of sp³-hybridized carbons (Fsp3) is 0.389. The summed E-state index contributed by atoms with van der Waals surface area (Å²) in [6.07, 6.45) is 5.12. The monoisotopic (exact) mass is 397 g/mol. The average Bonchev–Trinajstić information content (AvgIpc) is 3.46. The lowest BCUT2D eigenvalue weighted by Crippen LogP contribution is -2.55. The number of rotatable bonds is 5. The summed E-state index contributed by atoms with van der Waals surface area (Å²) in [6, 6.07) is 3.59. The second-order valence-electron chi connectivity index (χ2n) is 6.59. The highest BCUT2D eigenvalue weighted by molar-refractivity contribution is 5.98.